The van der Waals surface area contributed by atoms with Crippen molar-refractivity contribution in [2.24, 2.45) is 34.5 Å². The molecule has 0 bridgehead atoms. The van der Waals surface area contributed by atoms with E-state index in [1.54, 1.807) is 5.57 Å². The minimum absolute atomic E-state index is 0.0618. The van der Waals surface area contributed by atoms with Crippen molar-refractivity contribution in [3.63, 3.8) is 0 Å². The van der Waals surface area contributed by atoms with Crippen LogP contribution in [0, 0.1) is 34.5 Å². The van der Waals surface area contributed by atoms with Gasteiger partial charge in [0.05, 0.1) is 6.10 Å². The largest absolute Gasteiger partial charge is 0.393 e. The van der Waals surface area contributed by atoms with Crippen LogP contribution in [-0.2, 0) is 4.79 Å². The summed E-state index contributed by atoms with van der Waals surface area (Å²) in [7, 11) is 0. The maximum Gasteiger partial charge on any atom is 0.120 e. The lowest BCUT2D eigenvalue weighted by Gasteiger charge is -2.56. The number of carbonyl (C=O) groups is 1. The molecule has 0 radical (unpaired) electrons. The van der Waals surface area contributed by atoms with Crippen LogP contribution in [0.25, 0.3) is 0 Å². The van der Waals surface area contributed by atoms with Crippen LogP contribution < -0.4 is 0 Å². The van der Waals surface area contributed by atoms with Crippen molar-refractivity contribution < 1.29 is 9.90 Å². The van der Waals surface area contributed by atoms with Crippen LogP contribution >= 0.6 is 0 Å². The van der Waals surface area contributed by atoms with Crippen molar-refractivity contribution in [2.75, 3.05) is 0 Å². The fourth-order valence-corrected chi connectivity index (χ4v) is 7.35. The second kappa shape index (κ2) is 5.97. The molecule has 0 spiro atoms. The second-order valence-electron chi connectivity index (χ2n) is 9.72. The molecule has 0 aromatic heterocycles. The van der Waals surface area contributed by atoms with Gasteiger partial charge >= 0.3 is 0 Å². The standard InChI is InChI=1S/C22H34O2/c1-21-12-10-20-18(19(21)8-6-15(21)4-3-13-23)7-5-16-14-17(24)9-11-22(16,20)2/h10,13,15-19,24H,3-9,11-12,14H2,1-2H3/t15?,16-,17-,18+,19+,21-,22+/m1/s1. The van der Waals surface area contributed by atoms with E-state index in [4.69, 9.17) is 0 Å². The van der Waals surface area contributed by atoms with E-state index in [0.717, 1.165) is 49.7 Å². The van der Waals surface area contributed by atoms with E-state index in [1.807, 2.05) is 0 Å². The molecule has 4 rings (SSSR count). The minimum Gasteiger partial charge on any atom is -0.393 e. The van der Waals surface area contributed by atoms with Crippen LogP contribution in [-0.4, -0.2) is 17.5 Å². The maximum atomic E-state index is 10.8. The number of aliphatic hydroxyl groups is 1. The molecule has 0 aromatic carbocycles. The Morgan fingerprint density at radius 2 is 2.04 bits per heavy atom. The van der Waals surface area contributed by atoms with Crippen LogP contribution in [0.5, 0.6) is 0 Å². The molecule has 0 heterocycles. The van der Waals surface area contributed by atoms with Gasteiger partial charge in [-0.15, -0.1) is 0 Å². The predicted molar refractivity (Wildman–Crippen MR) is 96.5 cm³/mol. The molecule has 1 unspecified atom stereocenters. The Kier molecular flexibility index (Phi) is 4.18. The average molecular weight is 331 g/mol. The SMILES string of the molecule is C[C@]12CC[C@@H](O)C[C@H]1CC[C@@H]1C2=CC[C@]2(C)C(CCC=O)CC[C@@H]12. The molecular weight excluding hydrogens is 296 g/mol. The summed E-state index contributed by atoms with van der Waals surface area (Å²) in [6.45, 7) is 5.02. The number of allylic oxidation sites excluding steroid dienone is 2. The molecule has 1 N–H and O–H groups in total. The molecule has 4 aliphatic rings. The minimum atomic E-state index is -0.0618. The molecule has 24 heavy (non-hydrogen) atoms. The van der Waals surface area contributed by atoms with Crippen molar-refractivity contribution >= 4 is 6.29 Å². The lowest BCUT2D eigenvalue weighted by atomic mass is 9.48. The van der Waals surface area contributed by atoms with Gasteiger partial charge in [0, 0.05) is 6.42 Å². The van der Waals surface area contributed by atoms with Gasteiger partial charge in [0.2, 0.25) is 0 Å². The monoisotopic (exact) mass is 330 g/mol. The zero-order valence-corrected chi connectivity index (χ0v) is 15.5. The van der Waals surface area contributed by atoms with E-state index in [1.165, 1.54) is 38.5 Å². The topological polar surface area (TPSA) is 37.3 Å². The van der Waals surface area contributed by atoms with Crippen LogP contribution in [0.3, 0.4) is 0 Å². The number of fused-ring (bicyclic) bond motifs is 5. The zero-order chi connectivity index (χ0) is 16.9. The molecule has 134 valence electrons. The smallest absolute Gasteiger partial charge is 0.120 e. The molecule has 0 aliphatic heterocycles. The van der Waals surface area contributed by atoms with Gasteiger partial charge in [0.25, 0.3) is 0 Å². The highest BCUT2D eigenvalue weighted by Crippen LogP contribution is 2.65. The van der Waals surface area contributed by atoms with E-state index in [-0.39, 0.29) is 6.10 Å². The maximum absolute atomic E-state index is 10.8. The fraction of sp³-hybridized carbons (Fsp3) is 0.864. The van der Waals surface area contributed by atoms with Gasteiger partial charge in [-0.3, -0.25) is 0 Å². The van der Waals surface area contributed by atoms with Crippen molar-refractivity contribution in [3.05, 3.63) is 11.6 Å². The zero-order valence-electron chi connectivity index (χ0n) is 15.5. The molecular formula is C22H34O2. The summed E-state index contributed by atoms with van der Waals surface area (Å²) in [5.41, 5.74) is 2.54. The summed E-state index contributed by atoms with van der Waals surface area (Å²) in [5.74, 6) is 3.05. The molecule has 3 fully saturated rings. The van der Waals surface area contributed by atoms with Gasteiger partial charge in [0.15, 0.2) is 0 Å². The van der Waals surface area contributed by atoms with Gasteiger partial charge in [-0.1, -0.05) is 25.5 Å². The highest BCUT2D eigenvalue weighted by Gasteiger charge is 2.56. The Morgan fingerprint density at radius 1 is 1.21 bits per heavy atom. The summed E-state index contributed by atoms with van der Waals surface area (Å²) >= 11 is 0. The van der Waals surface area contributed by atoms with Crippen LogP contribution in [0.2, 0.25) is 0 Å². The quantitative estimate of drug-likeness (QED) is 0.590. The summed E-state index contributed by atoms with van der Waals surface area (Å²) in [6, 6.07) is 0. The van der Waals surface area contributed by atoms with Gasteiger partial charge in [-0.05, 0) is 92.3 Å². The molecule has 7 atom stereocenters. The molecule has 4 aliphatic carbocycles. The molecule has 3 saturated carbocycles. The van der Waals surface area contributed by atoms with E-state index in [0.29, 0.717) is 16.7 Å². The first-order valence-corrected chi connectivity index (χ1v) is 10.3. The van der Waals surface area contributed by atoms with Crippen molar-refractivity contribution in [1.29, 1.82) is 0 Å². The number of aliphatic hydroxyl groups excluding tert-OH is 1. The Bertz CT molecular complexity index is 538. The molecule has 0 aromatic rings. The summed E-state index contributed by atoms with van der Waals surface area (Å²) in [6.07, 6.45) is 15.3. The fourth-order valence-electron chi connectivity index (χ4n) is 7.35. The number of hydrogen-bond acceptors (Lipinski definition) is 2. The Hall–Kier alpha value is -0.630. The number of rotatable bonds is 3. The Balaban J connectivity index is 1.61. The average Bonchev–Trinajstić information content (AvgIpc) is 2.90. The van der Waals surface area contributed by atoms with Crippen LogP contribution in [0.4, 0.5) is 0 Å². The molecule has 0 saturated heterocycles. The van der Waals surface area contributed by atoms with Gasteiger partial charge in [-0.25, -0.2) is 0 Å². The van der Waals surface area contributed by atoms with E-state index >= 15 is 0 Å². The van der Waals surface area contributed by atoms with Gasteiger partial charge in [0.1, 0.15) is 6.29 Å². The first-order chi connectivity index (χ1) is 11.5. The van der Waals surface area contributed by atoms with E-state index < -0.39 is 0 Å². The Morgan fingerprint density at radius 3 is 2.83 bits per heavy atom. The van der Waals surface area contributed by atoms with Gasteiger partial charge in [-0.2, -0.15) is 0 Å². The highest BCUT2D eigenvalue weighted by molar-refractivity contribution is 5.49. The highest BCUT2D eigenvalue weighted by atomic mass is 16.3. The summed E-state index contributed by atoms with van der Waals surface area (Å²) in [5, 5.41) is 10.1. The number of carbonyl (C=O) groups excluding carboxylic acids is 1. The summed E-state index contributed by atoms with van der Waals surface area (Å²) < 4.78 is 0. The third-order valence-electron chi connectivity index (χ3n) is 8.83. The first-order valence-electron chi connectivity index (χ1n) is 10.3. The summed E-state index contributed by atoms with van der Waals surface area (Å²) in [4.78, 5) is 10.8. The normalized spacial score (nSPS) is 50.5. The lowest BCUT2D eigenvalue weighted by molar-refractivity contribution is -0.108. The predicted octanol–water partition coefficient (Wildman–Crippen LogP) is 4.91. The van der Waals surface area contributed by atoms with E-state index in [9.17, 15) is 9.90 Å². The molecule has 0 amide bonds. The van der Waals surface area contributed by atoms with E-state index in [2.05, 4.69) is 19.9 Å². The first kappa shape index (κ1) is 16.8. The lowest BCUT2D eigenvalue weighted by Crippen LogP contribution is -2.48. The molecule has 2 heteroatoms. The van der Waals surface area contributed by atoms with Crippen LogP contribution in [0.15, 0.2) is 11.6 Å². The third kappa shape index (κ3) is 2.35. The van der Waals surface area contributed by atoms with Crippen molar-refractivity contribution in [3.8, 4) is 0 Å². The molecule has 2 nitrogen and oxygen atoms in total. The number of aldehydes is 1. The van der Waals surface area contributed by atoms with Crippen molar-refractivity contribution in [2.45, 2.75) is 84.2 Å². The third-order valence-corrected chi connectivity index (χ3v) is 8.83. The Labute approximate surface area is 147 Å². The second-order valence-corrected chi connectivity index (χ2v) is 9.72. The van der Waals surface area contributed by atoms with Crippen molar-refractivity contribution in [1.82, 2.24) is 0 Å². The van der Waals surface area contributed by atoms with Crippen LogP contribution in [0.1, 0.15) is 78.1 Å². The van der Waals surface area contributed by atoms with Gasteiger partial charge < -0.3 is 9.90 Å². The number of hydrogen-bond donors (Lipinski definition) is 1.